The standard InChI is InChI=1S/C32H46N4P2Si2/c1-39(2,3)28-14-25(21-38(30-18-33-7-9-35-30)31-19-34-8-10-36-31)26(15-29(28)40(4,5)6)32-16-22-11-23(17-32)13-24(12-22)27(32)20-37/h7-10,14-15,18-19,22-24,27H,11-13,16-17,20-21,37H2,1-6H3. The van der Waals surface area contributed by atoms with Crippen LogP contribution in [0.2, 0.25) is 39.3 Å². The van der Waals surface area contributed by atoms with Crippen LogP contribution in [0, 0.1) is 23.7 Å². The summed E-state index contributed by atoms with van der Waals surface area (Å²) in [7, 11) is -0.776. The second-order valence-corrected chi connectivity index (χ2v) is 27.5. The minimum absolute atomic E-state index is 0.309. The number of benzene rings is 1. The van der Waals surface area contributed by atoms with Crippen molar-refractivity contribution in [1.29, 1.82) is 0 Å². The molecule has 0 spiro atoms. The van der Waals surface area contributed by atoms with Gasteiger partial charge in [0.25, 0.3) is 0 Å². The molecule has 212 valence electrons. The van der Waals surface area contributed by atoms with Gasteiger partial charge in [-0.15, -0.1) is 9.24 Å². The molecule has 3 aromatic rings. The summed E-state index contributed by atoms with van der Waals surface area (Å²) in [4.78, 5) is 18.7. The van der Waals surface area contributed by atoms with Crippen LogP contribution in [0.25, 0.3) is 0 Å². The van der Waals surface area contributed by atoms with Crippen molar-refractivity contribution >= 4 is 54.6 Å². The molecule has 0 saturated heterocycles. The van der Waals surface area contributed by atoms with Gasteiger partial charge in [0, 0.05) is 38.9 Å². The molecule has 2 aromatic heterocycles. The van der Waals surface area contributed by atoms with E-state index in [-0.39, 0.29) is 0 Å². The molecule has 7 rings (SSSR count). The highest BCUT2D eigenvalue weighted by atomic mass is 31.1. The van der Waals surface area contributed by atoms with E-state index in [1.165, 1.54) is 38.3 Å². The minimum atomic E-state index is -1.58. The summed E-state index contributed by atoms with van der Waals surface area (Å²) in [6.45, 7) is 15.3. The van der Waals surface area contributed by atoms with Crippen LogP contribution in [-0.4, -0.2) is 42.2 Å². The van der Waals surface area contributed by atoms with Crippen LogP contribution in [0.15, 0.2) is 49.3 Å². The zero-order chi connectivity index (χ0) is 28.3. The Balaban J connectivity index is 1.58. The molecule has 4 aliphatic rings. The first-order chi connectivity index (χ1) is 19.0. The van der Waals surface area contributed by atoms with Crippen molar-refractivity contribution in [3.05, 3.63) is 60.4 Å². The molecule has 4 unspecified atom stereocenters. The van der Waals surface area contributed by atoms with Crippen LogP contribution in [0.1, 0.15) is 43.2 Å². The molecule has 4 bridgehead atoms. The Kier molecular flexibility index (Phi) is 7.73. The zero-order valence-corrected chi connectivity index (χ0v) is 29.2. The quantitative estimate of drug-likeness (QED) is 0.250. The van der Waals surface area contributed by atoms with Crippen molar-refractivity contribution in [2.24, 2.45) is 23.7 Å². The van der Waals surface area contributed by atoms with Gasteiger partial charge in [-0.2, -0.15) is 0 Å². The summed E-state index contributed by atoms with van der Waals surface area (Å²) < 4.78 is 0. The Morgan fingerprint density at radius 2 is 1.35 bits per heavy atom. The lowest BCUT2D eigenvalue weighted by molar-refractivity contribution is -0.0520. The van der Waals surface area contributed by atoms with Crippen LogP contribution < -0.4 is 21.2 Å². The molecule has 0 aliphatic heterocycles. The average Bonchev–Trinajstić information content (AvgIpc) is 2.91. The number of rotatable bonds is 8. The van der Waals surface area contributed by atoms with E-state index in [1.807, 2.05) is 24.8 Å². The van der Waals surface area contributed by atoms with Gasteiger partial charge in [0.15, 0.2) is 0 Å². The first-order valence-corrected chi connectivity index (χ1v) is 24.5. The van der Waals surface area contributed by atoms with E-state index in [4.69, 9.17) is 9.97 Å². The molecule has 4 nitrogen and oxygen atoms in total. The van der Waals surface area contributed by atoms with Gasteiger partial charge in [-0.25, -0.2) is 0 Å². The fourth-order valence-corrected chi connectivity index (χ4v) is 16.8. The van der Waals surface area contributed by atoms with E-state index in [1.54, 1.807) is 33.9 Å². The van der Waals surface area contributed by atoms with Crippen molar-refractivity contribution in [3.63, 3.8) is 0 Å². The third kappa shape index (κ3) is 5.21. The number of hydrogen-bond donors (Lipinski definition) is 0. The number of nitrogens with zero attached hydrogens (tertiary/aromatic N) is 4. The summed E-state index contributed by atoms with van der Waals surface area (Å²) >= 11 is 0. The molecule has 4 aliphatic carbocycles. The Labute approximate surface area is 247 Å². The largest absolute Gasteiger partial charge is 0.261 e. The van der Waals surface area contributed by atoms with Crippen molar-refractivity contribution in [1.82, 2.24) is 19.9 Å². The van der Waals surface area contributed by atoms with Gasteiger partial charge in [-0.1, -0.05) is 61.8 Å². The Morgan fingerprint density at radius 3 is 1.82 bits per heavy atom. The Morgan fingerprint density at radius 1 is 0.800 bits per heavy atom. The zero-order valence-electron chi connectivity index (χ0n) is 25.2. The van der Waals surface area contributed by atoms with E-state index >= 15 is 0 Å². The van der Waals surface area contributed by atoms with Gasteiger partial charge in [-0.05, 0) is 78.5 Å². The third-order valence-electron chi connectivity index (χ3n) is 10.2. The predicted molar refractivity (Wildman–Crippen MR) is 180 cm³/mol. The molecule has 8 heteroatoms. The summed E-state index contributed by atoms with van der Waals surface area (Å²) in [5, 5.41) is 3.41. The summed E-state index contributed by atoms with van der Waals surface area (Å²) in [6, 6.07) is 5.52. The van der Waals surface area contributed by atoms with Crippen molar-refractivity contribution in [2.45, 2.75) is 83.0 Å². The van der Waals surface area contributed by atoms with Crippen LogP contribution in [0.3, 0.4) is 0 Å². The fraction of sp³-hybridized carbons (Fsp3) is 0.562. The highest BCUT2D eigenvalue weighted by Crippen LogP contribution is 2.64. The molecular formula is C32H46N4P2Si2. The Bertz CT molecular complexity index is 1300. The van der Waals surface area contributed by atoms with Gasteiger partial charge < -0.3 is 0 Å². The Hall–Kier alpha value is -1.33. The molecular weight excluding hydrogens is 559 g/mol. The lowest BCUT2D eigenvalue weighted by Gasteiger charge is -2.62. The second-order valence-electron chi connectivity index (χ2n) is 14.9. The van der Waals surface area contributed by atoms with E-state index in [9.17, 15) is 0 Å². The van der Waals surface area contributed by atoms with Gasteiger partial charge >= 0.3 is 0 Å². The number of hydrogen-bond acceptors (Lipinski definition) is 4. The highest BCUT2D eigenvalue weighted by Gasteiger charge is 2.57. The van der Waals surface area contributed by atoms with E-state index < -0.39 is 24.1 Å². The van der Waals surface area contributed by atoms with E-state index in [2.05, 4.69) is 70.6 Å². The summed E-state index contributed by atoms with van der Waals surface area (Å²) in [5.74, 6) is 3.49. The first kappa shape index (κ1) is 28.8. The highest BCUT2D eigenvalue weighted by molar-refractivity contribution is 7.71. The lowest BCUT2D eigenvalue weighted by atomic mass is 9.43. The maximum absolute atomic E-state index is 4.84. The SMILES string of the molecule is C[Si](C)(C)c1cc(CP(c2cnccn2)c2cnccn2)c(C23CC4CC(CC(C4)C2CP)C3)cc1[Si](C)(C)C. The van der Waals surface area contributed by atoms with E-state index in [0.29, 0.717) is 5.41 Å². The maximum atomic E-state index is 4.84. The first-order valence-electron chi connectivity index (χ1n) is 15.2. The molecule has 1 aromatic carbocycles. The van der Waals surface area contributed by atoms with Crippen molar-refractivity contribution in [3.8, 4) is 0 Å². The van der Waals surface area contributed by atoms with Gasteiger partial charge in [-0.3, -0.25) is 19.9 Å². The third-order valence-corrected chi connectivity index (χ3v) is 17.2. The van der Waals surface area contributed by atoms with E-state index in [0.717, 1.165) is 40.7 Å². The molecule has 4 saturated carbocycles. The average molecular weight is 605 g/mol. The maximum Gasteiger partial charge on any atom is 0.0877 e. The molecule has 0 radical (unpaired) electrons. The van der Waals surface area contributed by atoms with Crippen LogP contribution in [-0.2, 0) is 11.6 Å². The molecule has 0 amide bonds. The van der Waals surface area contributed by atoms with Crippen molar-refractivity contribution < 1.29 is 0 Å². The molecule has 0 N–H and O–H groups in total. The minimum Gasteiger partial charge on any atom is -0.261 e. The van der Waals surface area contributed by atoms with Crippen LogP contribution >= 0.6 is 17.2 Å². The second kappa shape index (κ2) is 10.7. The lowest BCUT2D eigenvalue weighted by Crippen LogP contribution is -2.59. The van der Waals surface area contributed by atoms with Gasteiger partial charge in [0.05, 0.1) is 39.4 Å². The smallest absolute Gasteiger partial charge is 0.0877 e. The van der Waals surface area contributed by atoms with Crippen LogP contribution in [0.4, 0.5) is 0 Å². The van der Waals surface area contributed by atoms with Crippen LogP contribution in [0.5, 0.6) is 0 Å². The topological polar surface area (TPSA) is 51.6 Å². The van der Waals surface area contributed by atoms with Gasteiger partial charge in [0.2, 0.25) is 0 Å². The fourth-order valence-electron chi connectivity index (χ4n) is 8.77. The normalized spacial score (nSPS) is 27.9. The molecule has 40 heavy (non-hydrogen) atoms. The predicted octanol–water partition coefficient (Wildman–Crippen LogP) is 5.56. The monoisotopic (exact) mass is 604 g/mol. The molecule has 4 fully saturated rings. The molecule has 4 atom stereocenters. The summed E-state index contributed by atoms with van der Waals surface area (Å²) in [6.07, 6.45) is 20.5. The molecule has 2 heterocycles. The van der Waals surface area contributed by atoms with Crippen molar-refractivity contribution in [2.75, 3.05) is 6.16 Å². The number of aromatic nitrogens is 4. The van der Waals surface area contributed by atoms with Gasteiger partial charge in [0.1, 0.15) is 0 Å². The summed E-state index contributed by atoms with van der Waals surface area (Å²) in [5.41, 5.74) is 5.71.